The number of benzene rings is 2. The molecule has 1 amide bonds. The summed E-state index contributed by atoms with van der Waals surface area (Å²) >= 11 is 3.18. The van der Waals surface area contributed by atoms with Crippen LogP contribution in [0.2, 0.25) is 0 Å². The molecule has 8 heteroatoms. The molecule has 0 aliphatic carbocycles. The Morgan fingerprint density at radius 2 is 2.08 bits per heavy atom. The minimum Gasteiger partial charge on any atom is -0.361 e. The molecule has 3 aromatic rings. The van der Waals surface area contributed by atoms with Gasteiger partial charge in [0, 0.05) is 39.3 Å². The zero-order valence-corrected chi connectivity index (χ0v) is 14.8. The number of aromatic amines is 1. The molecule has 0 aliphatic heterocycles. The number of hydrogen-bond donors (Lipinski definition) is 2. The number of rotatable bonds is 4. The predicted molar refractivity (Wildman–Crippen MR) is 101 cm³/mol. The van der Waals surface area contributed by atoms with Gasteiger partial charge in [-0.25, -0.2) is 0 Å². The molecular formula is C18H11BrN4O3. The number of nitrogens with zero attached hydrogens (tertiary/aromatic N) is 2. The fourth-order valence-corrected chi connectivity index (χ4v) is 2.89. The highest BCUT2D eigenvalue weighted by Gasteiger charge is 2.15. The molecule has 0 aliphatic rings. The minimum atomic E-state index is -0.604. The Bertz CT molecular complexity index is 1100. The monoisotopic (exact) mass is 410 g/mol. The number of nitro benzene ring substituents is 1. The number of hydrogen-bond acceptors (Lipinski definition) is 4. The first-order valence-electron chi connectivity index (χ1n) is 7.43. The van der Waals surface area contributed by atoms with E-state index >= 15 is 0 Å². The quantitative estimate of drug-likeness (QED) is 0.287. The number of amides is 1. The van der Waals surface area contributed by atoms with Crippen molar-refractivity contribution in [3.05, 3.63) is 74.4 Å². The number of carbonyl (C=O) groups excluding carboxylic acids is 1. The Hall–Kier alpha value is -3.44. The molecule has 0 radical (unpaired) electrons. The number of nitriles is 1. The average Bonchev–Trinajstić information content (AvgIpc) is 3.04. The van der Waals surface area contributed by atoms with E-state index in [1.165, 1.54) is 24.3 Å². The van der Waals surface area contributed by atoms with Gasteiger partial charge in [-0.15, -0.1) is 0 Å². The Kier molecular flexibility index (Phi) is 4.82. The molecule has 0 fully saturated rings. The number of non-ortho nitro benzene ring substituents is 1. The number of carbonyl (C=O) groups is 1. The summed E-state index contributed by atoms with van der Waals surface area (Å²) in [5.74, 6) is -0.604. The molecule has 0 spiro atoms. The van der Waals surface area contributed by atoms with Gasteiger partial charge in [-0.05, 0) is 34.1 Å². The number of H-pyrrole nitrogens is 1. The lowest BCUT2D eigenvalue weighted by atomic mass is 10.1. The van der Waals surface area contributed by atoms with Gasteiger partial charge in [0.25, 0.3) is 11.6 Å². The van der Waals surface area contributed by atoms with E-state index in [2.05, 4.69) is 26.2 Å². The molecule has 1 heterocycles. The van der Waals surface area contributed by atoms with Crippen molar-refractivity contribution < 1.29 is 9.72 Å². The zero-order chi connectivity index (χ0) is 18.7. The van der Waals surface area contributed by atoms with Crippen LogP contribution in [0.25, 0.3) is 17.0 Å². The number of aromatic nitrogens is 1. The number of halogens is 1. The molecule has 0 atom stereocenters. The van der Waals surface area contributed by atoms with E-state index in [9.17, 15) is 20.2 Å². The Labute approximate surface area is 156 Å². The predicted octanol–water partition coefficient (Wildman–Crippen LogP) is 4.38. The molecule has 2 aromatic carbocycles. The number of para-hydroxylation sites is 1. The van der Waals surface area contributed by atoms with Crippen molar-refractivity contribution in [2.45, 2.75) is 0 Å². The second-order valence-electron chi connectivity index (χ2n) is 5.33. The molecule has 0 saturated carbocycles. The molecule has 7 nitrogen and oxygen atoms in total. The molecule has 3 rings (SSSR count). The lowest BCUT2D eigenvalue weighted by molar-refractivity contribution is -0.384. The SMILES string of the molecule is N#C/C(=C\c1c[nH]c2ccccc12)C(=O)Nc1ccc([N+](=O)[O-])cc1Br. The highest BCUT2D eigenvalue weighted by molar-refractivity contribution is 9.10. The Morgan fingerprint density at radius 1 is 1.31 bits per heavy atom. The van der Waals surface area contributed by atoms with Crippen molar-refractivity contribution in [3.63, 3.8) is 0 Å². The van der Waals surface area contributed by atoms with Gasteiger partial charge in [-0.3, -0.25) is 14.9 Å². The minimum absolute atomic E-state index is 0.0833. The largest absolute Gasteiger partial charge is 0.361 e. The molecular weight excluding hydrogens is 400 g/mol. The summed E-state index contributed by atoms with van der Waals surface area (Å²) in [5, 5.41) is 23.6. The van der Waals surface area contributed by atoms with Gasteiger partial charge in [0.2, 0.25) is 0 Å². The van der Waals surface area contributed by atoms with Crippen LogP contribution in [0.15, 0.2) is 58.7 Å². The maximum Gasteiger partial charge on any atom is 0.270 e. The van der Waals surface area contributed by atoms with E-state index in [0.29, 0.717) is 10.2 Å². The van der Waals surface area contributed by atoms with Crippen molar-refractivity contribution in [3.8, 4) is 6.07 Å². The van der Waals surface area contributed by atoms with Crippen LogP contribution in [-0.4, -0.2) is 15.8 Å². The first-order valence-corrected chi connectivity index (χ1v) is 8.22. The van der Waals surface area contributed by atoms with Crippen LogP contribution in [0.3, 0.4) is 0 Å². The van der Waals surface area contributed by atoms with Crippen LogP contribution in [0.5, 0.6) is 0 Å². The Balaban J connectivity index is 1.88. The normalized spacial score (nSPS) is 11.2. The van der Waals surface area contributed by atoms with Crippen LogP contribution in [0, 0.1) is 21.4 Å². The summed E-state index contributed by atoms with van der Waals surface area (Å²) < 4.78 is 0.351. The molecule has 1 aromatic heterocycles. The maximum absolute atomic E-state index is 12.4. The summed E-state index contributed by atoms with van der Waals surface area (Å²) in [4.78, 5) is 25.7. The van der Waals surface area contributed by atoms with Gasteiger partial charge in [0.05, 0.1) is 10.6 Å². The van der Waals surface area contributed by atoms with E-state index in [1.807, 2.05) is 30.3 Å². The van der Waals surface area contributed by atoms with Crippen LogP contribution in [0.4, 0.5) is 11.4 Å². The van der Waals surface area contributed by atoms with Gasteiger partial charge in [0.15, 0.2) is 0 Å². The smallest absolute Gasteiger partial charge is 0.270 e. The third-order valence-corrected chi connectivity index (χ3v) is 4.35. The van der Waals surface area contributed by atoms with Gasteiger partial charge in [0.1, 0.15) is 11.6 Å². The first kappa shape index (κ1) is 17.4. The van der Waals surface area contributed by atoms with Gasteiger partial charge >= 0.3 is 0 Å². The lowest BCUT2D eigenvalue weighted by Crippen LogP contribution is -2.13. The summed E-state index contributed by atoms with van der Waals surface area (Å²) in [6.07, 6.45) is 3.21. The third kappa shape index (κ3) is 3.48. The van der Waals surface area contributed by atoms with E-state index in [1.54, 1.807) is 6.20 Å². The van der Waals surface area contributed by atoms with Crippen LogP contribution in [0.1, 0.15) is 5.56 Å². The standard InChI is InChI=1S/C18H11BrN4O3/c19-15-8-13(23(25)26)5-6-17(15)22-18(24)11(9-20)7-12-10-21-16-4-2-1-3-14(12)16/h1-8,10,21H,(H,22,24)/b11-7+. The van der Waals surface area contributed by atoms with Crippen molar-refractivity contribution in [2.75, 3.05) is 5.32 Å². The van der Waals surface area contributed by atoms with Gasteiger partial charge < -0.3 is 10.3 Å². The fourth-order valence-electron chi connectivity index (χ4n) is 2.43. The zero-order valence-electron chi connectivity index (χ0n) is 13.2. The number of nitrogens with one attached hydrogen (secondary N) is 2. The second-order valence-corrected chi connectivity index (χ2v) is 6.19. The maximum atomic E-state index is 12.4. The first-order chi connectivity index (χ1) is 12.5. The number of anilines is 1. The molecule has 2 N–H and O–H groups in total. The summed E-state index contributed by atoms with van der Waals surface area (Å²) in [6, 6.07) is 13.4. The van der Waals surface area contributed by atoms with E-state index < -0.39 is 10.8 Å². The Morgan fingerprint density at radius 3 is 2.77 bits per heavy atom. The van der Waals surface area contributed by atoms with E-state index in [4.69, 9.17) is 0 Å². The van der Waals surface area contributed by atoms with Crippen molar-refractivity contribution in [1.82, 2.24) is 4.98 Å². The molecule has 0 bridgehead atoms. The van der Waals surface area contributed by atoms with Crippen LogP contribution >= 0.6 is 15.9 Å². The van der Waals surface area contributed by atoms with Crippen molar-refractivity contribution in [2.24, 2.45) is 0 Å². The van der Waals surface area contributed by atoms with Gasteiger partial charge in [-0.2, -0.15) is 5.26 Å². The molecule has 0 saturated heterocycles. The van der Waals surface area contributed by atoms with Crippen molar-refractivity contribution in [1.29, 1.82) is 5.26 Å². The number of fused-ring (bicyclic) bond motifs is 1. The summed E-state index contributed by atoms with van der Waals surface area (Å²) in [5.41, 5.74) is 1.76. The third-order valence-electron chi connectivity index (χ3n) is 3.70. The molecule has 26 heavy (non-hydrogen) atoms. The summed E-state index contributed by atoms with van der Waals surface area (Å²) in [6.45, 7) is 0. The summed E-state index contributed by atoms with van der Waals surface area (Å²) in [7, 11) is 0. The van der Waals surface area contributed by atoms with Crippen LogP contribution < -0.4 is 5.32 Å². The highest BCUT2D eigenvalue weighted by atomic mass is 79.9. The highest BCUT2D eigenvalue weighted by Crippen LogP contribution is 2.28. The lowest BCUT2D eigenvalue weighted by Gasteiger charge is -2.06. The van der Waals surface area contributed by atoms with E-state index in [0.717, 1.165) is 16.5 Å². The second kappa shape index (κ2) is 7.21. The molecule has 128 valence electrons. The topological polar surface area (TPSA) is 112 Å². The molecule has 0 unspecified atom stereocenters. The van der Waals surface area contributed by atoms with E-state index in [-0.39, 0.29) is 11.3 Å². The van der Waals surface area contributed by atoms with Crippen molar-refractivity contribution >= 4 is 50.2 Å². The fraction of sp³-hybridized carbons (Fsp3) is 0. The number of nitro groups is 1. The van der Waals surface area contributed by atoms with Gasteiger partial charge in [-0.1, -0.05) is 18.2 Å². The van der Waals surface area contributed by atoms with Crippen LogP contribution in [-0.2, 0) is 4.79 Å². The average molecular weight is 411 g/mol.